The Hall–Kier alpha value is -1.20. The van der Waals surface area contributed by atoms with Crippen molar-refractivity contribution in [2.45, 2.75) is 34.1 Å². The fourth-order valence-corrected chi connectivity index (χ4v) is 2.08. The van der Waals surface area contributed by atoms with Crippen molar-refractivity contribution in [3.05, 3.63) is 29.8 Å². The molecule has 0 heterocycles. The highest BCUT2D eigenvalue weighted by molar-refractivity contribution is 7.81. The summed E-state index contributed by atoms with van der Waals surface area (Å²) < 4.78 is 21.7. The van der Waals surface area contributed by atoms with Crippen LogP contribution in [0.3, 0.4) is 0 Å². The molecule has 0 aliphatic heterocycles. The quantitative estimate of drug-likeness (QED) is 0.855. The Bertz CT molecular complexity index is 454. The molecule has 1 unspecified atom stereocenters. The van der Waals surface area contributed by atoms with Crippen LogP contribution in [-0.4, -0.2) is 14.7 Å². The SMILES string of the molecule is CCC(C)(C)C(=O)N(c1ccc(C)cc1)S(=O)O. The second-order valence-corrected chi connectivity index (χ2v) is 5.73. The molecule has 0 radical (unpaired) electrons. The highest BCUT2D eigenvalue weighted by Crippen LogP contribution is 2.27. The van der Waals surface area contributed by atoms with E-state index in [0.29, 0.717) is 12.1 Å². The molecule has 5 heteroatoms. The van der Waals surface area contributed by atoms with E-state index in [9.17, 15) is 13.6 Å². The number of anilines is 1. The van der Waals surface area contributed by atoms with Crippen molar-refractivity contribution < 1.29 is 13.6 Å². The molecule has 1 N–H and O–H groups in total. The van der Waals surface area contributed by atoms with E-state index in [1.54, 1.807) is 38.1 Å². The normalized spacial score (nSPS) is 13.2. The van der Waals surface area contributed by atoms with E-state index in [4.69, 9.17) is 0 Å². The van der Waals surface area contributed by atoms with E-state index >= 15 is 0 Å². The van der Waals surface area contributed by atoms with E-state index in [0.717, 1.165) is 9.87 Å². The number of nitrogens with zero attached hydrogens (tertiary/aromatic N) is 1. The van der Waals surface area contributed by atoms with Crippen LogP contribution in [0.25, 0.3) is 0 Å². The van der Waals surface area contributed by atoms with E-state index in [-0.39, 0.29) is 5.91 Å². The van der Waals surface area contributed by atoms with Gasteiger partial charge in [-0.2, -0.15) is 0 Å². The van der Waals surface area contributed by atoms with Gasteiger partial charge in [-0.05, 0) is 25.5 Å². The van der Waals surface area contributed by atoms with Crippen molar-refractivity contribution >= 4 is 22.9 Å². The maximum Gasteiger partial charge on any atom is 0.268 e. The Kier molecular flexibility index (Phi) is 4.65. The number of amides is 1. The predicted molar refractivity (Wildman–Crippen MR) is 73.5 cm³/mol. The fraction of sp³-hybridized carbons (Fsp3) is 0.462. The number of rotatable bonds is 4. The number of benzene rings is 1. The monoisotopic (exact) mass is 269 g/mol. The minimum absolute atomic E-state index is 0.352. The maximum absolute atomic E-state index is 12.3. The minimum atomic E-state index is -2.36. The lowest BCUT2D eigenvalue weighted by molar-refractivity contribution is -0.125. The molecule has 1 aromatic rings. The molecule has 4 nitrogen and oxygen atoms in total. The molecule has 1 amide bonds. The third-order valence-electron chi connectivity index (χ3n) is 3.07. The van der Waals surface area contributed by atoms with Gasteiger partial charge in [-0.25, -0.2) is 8.51 Å². The lowest BCUT2D eigenvalue weighted by Gasteiger charge is -2.28. The van der Waals surface area contributed by atoms with Crippen LogP contribution in [0.2, 0.25) is 0 Å². The summed E-state index contributed by atoms with van der Waals surface area (Å²) in [6.07, 6.45) is 0.603. The third-order valence-corrected chi connectivity index (χ3v) is 3.76. The Labute approximate surface area is 110 Å². The van der Waals surface area contributed by atoms with Gasteiger partial charge in [0.25, 0.3) is 11.3 Å². The van der Waals surface area contributed by atoms with Crippen LogP contribution in [0.1, 0.15) is 32.8 Å². The van der Waals surface area contributed by atoms with Crippen LogP contribution in [0.15, 0.2) is 24.3 Å². The smallest absolute Gasteiger partial charge is 0.268 e. The van der Waals surface area contributed by atoms with E-state index in [2.05, 4.69) is 0 Å². The summed E-state index contributed by atoms with van der Waals surface area (Å²) in [6, 6.07) is 6.96. The van der Waals surface area contributed by atoms with Crippen molar-refractivity contribution in [1.82, 2.24) is 0 Å². The van der Waals surface area contributed by atoms with Gasteiger partial charge in [0.2, 0.25) is 5.91 Å². The lowest BCUT2D eigenvalue weighted by Crippen LogP contribution is -2.41. The van der Waals surface area contributed by atoms with Gasteiger partial charge in [0.1, 0.15) is 0 Å². The molecule has 100 valence electrons. The summed E-state index contributed by atoms with van der Waals surface area (Å²) in [4.78, 5) is 12.3. The minimum Gasteiger partial charge on any atom is -0.289 e. The number of aryl methyl sites for hydroxylation is 1. The Morgan fingerprint density at radius 1 is 1.33 bits per heavy atom. The fourth-order valence-electron chi connectivity index (χ4n) is 1.38. The van der Waals surface area contributed by atoms with Crippen LogP contribution < -0.4 is 4.31 Å². The van der Waals surface area contributed by atoms with Gasteiger partial charge >= 0.3 is 0 Å². The summed E-state index contributed by atoms with van der Waals surface area (Å²) in [6.45, 7) is 7.33. The average molecular weight is 269 g/mol. The zero-order valence-electron chi connectivity index (χ0n) is 11.1. The van der Waals surface area contributed by atoms with E-state index < -0.39 is 16.7 Å². The maximum atomic E-state index is 12.3. The summed E-state index contributed by atoms with van der Waals surface area (Å²) >= 11 is -2.36. The molecule has 0 fully saturated rings. The Morgan fingerprint density at radius 2 is 1.83 bits per heavy atom. The van der Waals surface area contributed by atoms with Gasteiger partial charge in [-0.3, -0.25) is 9.35 Å². The first kappa shape index (κ1) is 14.9. The van der Waals surface area contributed by atoms with Gasteiger partial charge in [-0.1, -0.05) is 38.5 Å². The van der Waals surface area contributed by atoms with Crippen molar-refractivity contribution in [1.29, 1.82) is 0 Å². The van der Waals surface area contributed by atoms with Crippen molar-refractivity contribution in [3.63, 3.8) is 0 Å². The first-order chi connectivity index (χ1) is 8.29. The molecular formula is C13H19NO3S. The zero-order valence-corrected chi connectivity index (χ0v) is 12.0. The first-order valence-electron chi connectivity index (χ1n) is 5.82. The van der Waals surface area contributed by atoms with Crippen molar-refractivity contribution in [3.8, 4) is 0 Å². The van der Waals surface area contributed by atoms with Crippen LogP contribution >= 0.6 is 0 Å². The Balaban J connectivity index is 3.15. The molecule has 18 heavy (non-hydrogen) atoms. The van der Waals surface area contributed by atoms with E-state index in [1.807, 2.05) is 13.8 Å². The third kappa shape index (κ3) is 3.17. The molecule has 0 aliphatic carbocycles. The molecule has 0 spiro atoms. The molecule has 0 bridgehead atoms. The van der Waals surface area contributed by atoms with Gasteiger partial charge in [0, 0.05) is 5.41 Å². The predicted octanol–water partition coefficient (Wildman–Crippen LogP) is 2.90. The van der Waals surface area contributed by atoms with Crippen molar-refractivity contribution in [2.24, 2.45) is 5.41 Å². The molecule has 0 saturated carbocycles. The van der Waals surface area contributed by atoms with Crippen LogP contribution in [-0.2, 0) is 16.1 Å². The summed E-state index contributed by atoms with van der Waals surface area (Å²) in [5, 5.41) is 0. The largest absolute Gasteiger partial charge is 0.289 e. The molecular weight excluding hydrogens is 250 g/mol. The highest BCUT2D eigenvalue weighted by Gasteiger charge is 2.34. The van der Waals surface area contributed by atoms with Gasteiger partial charge in [0.05, 0.1) is 5.69 Å². The zero-order chi connectivity index (χ0) is 13.9. The first-order valence-corrected chi connectivity index (χ1v) is 6.88. The Morgan fingerprint density at radius 3 is 2.22 bits per heavy atom. The van der Waals surface area contributed by atoms with Gasteiger partial charge < -0.3 is 0 Å². The molecule has 1 rings (SSSR count). The van der Waals surface area contributed by atoms with E-state index in [1.165, 1.54) is 0 Å². The standard InChI is InChI=1S/C13H19NO3S/c1-5-13(3,4)12(15)14(18(16)17)11-8-6-10(2)7-9-11/h6-9H,5H2,1-4H3,(H,16,17). The lowest BCUT2D eigenvalue weighted by atomic mass is 9.89. The van der Waals surface area contributed by atoms with Gasteiger partial charge in [0.15, 0.2) is 0 Å². The molecule has 0 saturated heterocycles. The topological polar surface area (TPSA) is 57.6 Å². The number of hydrogen-bond acceptors (Lipinski definition) is 2. The highest BCUT2D eigenvalue weighted by atomic mass is 32.2. The molecule has 0 aliphatic rings. The molecule has 1 aromatic carbocycles. The second-order valence-electron chi connectivity index (χ2n) is 4.90. The summed E-state index contributed by atoms with van der Waals surface area (Å²) in [5.41, 5.74) is 0.807. The summed E-state index contributed by atoms with van der Waals surface area (Å²) in [7, 11) is 0. The van der Waals surface area contributed by atoms with Crippen LogP contribution in [0.4, 0.5) is 5.69 Å². The van der Waals surface area contributed by atoms with Crippen LogP contribution in [0, 0.1) is 12.3 Å². The average Bonchev–Trinajstić information content (AvgIpc) is 2.31. The molecule has 0 aromatic heterocycles. The summed E-state index contributed by atoms with van der Waals surface area (Å²) in [5.74, 6) is -0.352. The number of carbonyl (C=O) groups is 1. The number of carbonyl (C=O) groups excluding carboxylic acids is 1. The van der Waals surface area contributed by atoms with Gasteiger partial charge in [-0.15, -0.1) is 0 Å². The van der Waals surface area contributed by atoms with Crippen LogP contribution in [0.5, 0.6) is 0 Å². The number of hydrogen-bond donors (Lipinski definition) is 1. The van der Waals surface area contributed by atoms with Crippen molar-refractivity contribution in [2.75, 3.05) is 4.31 Å². The second kappa shape index (κ2) is 5.63. The molecule has 1 atom stereocenters.